The van der Waals surface area contributed by atoms with Crippen molar-refractivity contribution in [2.45, 2.75) is 37.7 Å². The molecule has 1 atom stereocenters. The van der Waals surface area contributed by atoms with Crippen LogP contribution in [0.3, 0.4) is 0 Å². The maximum Gasteiger partial charge on any atom is 0.241 e. The highest BCUT2D eigenvalue weighted by Gasteiger charge is 2.21. The number of rotatable bonds is 7. The fourth-order valence-corrected chi connectivity index (χ4v) is 3.99. The normalized spacial score (nSPS) is 13.7. The molecule has 0 saturated heterocycles. The summed E-state index contributed by atoms with van der Waals surface area (Å²) in [7, 11) is -3.59. The van der Waals surface area contributed by atoms with E-state index >= 15 is 0 Å². The van der Waals surface area contributed by atoms with E-state index in [1.165, 1.54) is 6.07 Å². The highest BCUT2D eigenvalue weighted by atomic mass is 79.9. The Labute approximate surface area is 123 Å². The number of hydrogen-bond donors (Lipinski definition) is 2. The molecule has 1 rings (SSSR count). The maximum atomic E-state index is 12.1. The van der Waals surface area contributed by atoms with Crippen molar-refractivity contribution in [1.82, 2.24) is 4.72 Å². The summed E-state index contributed by atoms with van der Waals surface area (Å²) in [5, 5.41) is 9.95. The van der Waals surface area contributed by atoms with Crippen molar-refractivity contribution in [1.29, 1.82) is 0 Å². The molecule has 0 amide bonds. The lowest BCUT2D eigenvalue weighted by Crippen LogP contribution is -2.36. The molecule has 4 nitrogen and oxygen atoms in total. The quantitative estimate of drug-likeness (QED) is 0.794. The summed E-state index contributed by atoms with van der Waals surface area (Å²) in [6.45, 7) is 4.01. The fraction of sp³-hybridized carbons (Fsp3) is 0.538. The van der Waals surface area contributed by atoms with Gasteiger partial charge in [-0.15, -0.1) is 0 Å². The van der Waals surface area contributed by atoms with Crippen molar-refractivity contribution in [3.63, 3.8) is 0 Å². The van der Waals surface area contributed by atoms with Crippen LogP contribution in [0.15, 0.2) is 33.6 Å². The van der Waals surface area contributed by atoms with E-state index in [0.717, 1.165) is 12.8 Å². The van der Waals surface area contributed by atoms with Crippen LogP contribution >= 0.6 is 15.9 Å². The number of nitrogens with one attached hydrogen (secondary N) is 1. The van der Waals surface area contributed by atoms with Crippen LogP contribution < -0.4 is 4.72 Å². The van der Waals surface area contributed by atoms with E-state index in [1.54, 1.807) is 18.2 Å². The molecular weight excluding hydrogens is 330 g/mol. The minimum atomic E-state index is -3.59. The molecule has 0 fully saturated rings. The summed E-state index contributed by atoms with van der Waals surface area (Å²) < 4.78 is 27.2. The fourth-order valence-electron chi connectivity index (χ4n) is 1.94. The van der Waals surface area contributed by atoms with Gasteiger partial charge in [-0.25, -0.2) is 13.1 Å². The second-order valence-electron chi connectivity index (χ2n) is 4.43. The third kappa shape index (κ3) is 4.56. The van der Waals surface area contributed by atoms with Crippen LogP contribution in [-0.2, 0) is 10.0 Å². The van der Waals surface area contributed by atoms with E-state index in [9.17, 15) is 13.5 Å². The first kappa shape index (κ1) is 16.6. The van der Waals surface area contributed by atoms with Crippen molar-refractivity contribution < 1.29 is 13.5 Å². The molecule has 1 aromatic carbocycles. The second kappa shape index (κ2) is 7.38. The van der Waals surface area contributed by atoms with Gasteiger partial charge in [-0.05, 0) is 34.0 Å². The average Bonchev–Trinajstić information content (AvgIpc) is 2.38. The zero-order valence-corrected chi connectivity index (χ0v) is 13.5. The van der Waals surface area contributed by atoms with Gasteiger partial charge in [0, 0.05) is 11.0 Å². The minimum absolute atomic E-state index is 0.0377. The molecule has 0 spiro atoms. The summed E-state index contributed by atoms with van der Waals surface area (Å²) in [5.41, 5.74) is 0. The second-order valence-corrected chi connectivity index (χ2v) is 7.02. The number of aliphatic hydroxyl groups excluding tert-OH is 1. The molecule has 108 valence electrons. The zero-order valence-electron chi connectivity index (χ0n) is 11.1. The Hall–Kier alpha value is -0.430. The van der Waals surface area contributed by atoms with Gasteiger partial charge in [0.15, 0.2) is 0 Å². The van der Waals surface area contributed by atoms with Crippen LogP contribution in [0.5, 0.6) is 0 Å². The molecular formula is C13H20BrNO3S. The summed E-state index contributed by atoms with van der Waals surface area (Å²) in [6, 6.07) is 6.61. The summed E-state index contributed by atoms with van der Waals surface area (Å²) in [6.07, 6.45) is 0.996. The third-order valence-corrected chi connectivity index (χ3v) is 5.64. The monoisotopic (exact) mass is 349 g/mol. The molecule has 0 aliphatic carbocycles. The first-order chi connectivity index (χ1) is 8.92. The first-order valence-electron chi connectivity index (χ1n) is 6.34. The first-order valence-corrected chi connectivity index (χ1v) is 8.62. The predicted molar refractivity (Wildman–Crippen MR) is 79.4 cm³/mol. The average molecular weight is 350 g/mol. The van der Waals surface area contributed by atoms with Gasteiger partial charge in [0.25, 0.3) is 0 Å². The standard InChI is InChI=1S/C13H20BrNO3S/c1-3-10(4-2)12(16)9-15-19(17,18)13-8-6-5-7-11(13)14/h5-8,10,12,15-16H,3-4,9H2,1-2H3. The molecule has 0 heterocycles. The van der Waals surface area contributed by atoms with Crippen LogP contribution in [0.1, 0.15) is 26.7 Å². The molecule has 0 saturated carbocycles. The van der Waals surface area contributed by atoms with Crippen molar-refractivity contribution in [3.8, 4) is 0 Å². The van der Waals surface area contributed by atoms with E-state index in [-0.39, 0.29) is 17.4 Å². The van der Waals surface area contributed by atoms with Gasteiger partial charge >= 0.3 is 0 Å². The van der Waals surface area contributed by atoms with Gasteiger partial charge < -0.3 is 5.11 Å². The van der Waals surface area contributed by atoms with E-state index in [0.29, 0.717) is 4.47 Å². The molecule has 0 bridgehead atoms. The number of sulfonamides is 1. The highest BCUT2D eigenvalue weighted by molar-refractivity contribution is 9.10. The molecule has 1 unspecified atom stereocenters. The Morgan fingerprint density at radius 3 is 2.37 bits per heavy atom. The Balaban J connectivity index is 2.74. The Bertz CT molecular complexity index is 500. The topological polar surface area (TPSA) is 66.4 Å². The Morgan fingerprint density at radius 1 is 1.26 bits per heavy atom. The molecule has 1 aromatic rings. The van der Waals surface area contributed by atoms with Gasteiger partial charge in [-0.1, -0.05) is 38.8 Å². The van der Waals surface area contributed by atoms with Crippen molar-refractivity contribution in [2.24, 2.45) is 5.92 Å². The lowest BCUT2D eigenvalue weighted by molar-refractivity contribution is 0.107. The van der Waals surface area contributed by atoms with E-state index < -0.39 is 16.1 Å². The van der Waals surface area contributed by atoms with Gasteiger partial charge in [0.2, 0.25) is 10.0 Å². The number of benzene rings is 1. The summed E-state index contributed by atoms with van der Waals surface area (Å²) in [5.74, 6) is 0.113. The number of hydrogen-bond acceptors (Lipinski definition) is 3. The minimum Gasteiger partial charge on any atom is -0.391 e. The van der Waals surface area contributed by atoms with E-state index in [4.69, 9.17) is 0 Å². The van der Waals surface area contributed by atoms with Gasteiger partial charge in [-0.2, -0.15) is 0 Å². The lowest BCUT2D eigenvalue weighted by Gasteiger charge is -2.20. The summed E-state index contributed by atoms with van der Waals surface area (Å²) >= 11 is 3.21. The van der Waals surface area contributed by atoms with Crippen molar-refractivity contribution >= 4 is 26.0 Å². The molecule has 0 radical (unpaired) electrons. The highest BCUT2D eigenvalue weighted by Crippen LogP contribution is 2.21. The van der Waals surface area contributed by atoms with Gasteiger partial charge in [-0.3, -0.25) is 0 Å². The van der Waals surface area contributed by atoms with E-state index in [1.807, 2.05) is 13.8 Å². The lowest BCUT2D eigenvalue weighted by atomic mass is 9.97. The van der Waals surface area contributed by atoms with Crippen LogP contribution in [0.2, 0.25) is 0 Å². The molecule has 19 heavy (non-hydrogen) atoms. The number of halogens is 1. The maximum absolute atomic E-state index is 12.1. The zero-order chi connectivity index (χ0) is 14.5. The van der Waals surface area contributed by atoms with Crippen molar-refractivity contribution in [2.75, 3.05) is 6.54 Å². The molecule has 6 heteroatoms. The molecule has 0 aliphatic rings. The SMILES string of the molecule is CCC(CC)C(O)CNS(=O)(=O)c1ccccc1Br. The smallest absolute Gasteiger partial charge is 0.241 e. The number of aliphatic hydroxyl groups is 1. The summed E-state index contributed by atoms with van der Waals surface area (Å²) in [4.78, 5) is 0.187. The Kier molecular flexibility index (Phi) is 6.46. The molecule has 0 aromatic heterocycles. The Morgan fingerprint density at radius 2 is 1.84 bits per heavy atom. The van der Waals surface area contributed by atoms with Crippen LogP contribution in [0.4, 0.5) is 0 Å². The third-order valence-electron chi connectivity index (χ3n) is 3.20. The largest absolute Gasteiger partial charge is 0.391 e. The van der Waals surface area contributed by atoms with E-state index in [2.05, 4.69) is 20.7 Å². The van der Waals surface area contributed by atoms with Crippen LogP contribution in [0, 0.1) is 5.92 Å². The van der Waals surface area contributed by atoms with Gasteiger partial charge in [0.1, 0.15) is 0 Å². The van der Waals surface area contributed by atoms with Crippen LogP contribution in [-0.4, -0.2) is 26.2 Å². The van der Waals surface area contributed by atoms with Gasteiger partial charge in [0.05, 0.1) is 11.0 Å². The molecule has 2 N–H and O–H groups in total. The predicted octanol–water partition coefficient (Wildman–Crippen LogP) is 2.52. The van der Waals surface area contributed by atoms with Crippen LogP contribution in [0.25, 0.3) is 0 Å². The molecule has 0 aliphatic heterocycles. The van der Waals surface area contributed by atoms with Crippen molar-refractivity contribution in [3.05, 3.63) is 28.7 Å².